The lowest BCUT2D eigenvalue weighted by atomic mass is 10.2. The van der Waals surface area contributed by atoms with Crippen molar-refractivity contribution in [1.29, 1.82) is 0 Å². The summed E-state index contributed by atoms with van der Waals surface area (Å²) >= 11 is 11.9. The summed E-state index contributed by atoms with van der Waals surface area (Å²) in [7, 11) is 0. The molecule has 0 unspecified atom stereocenters. The van der Waals surface area contributed by atoms with Gasteiger partial charge in [0, 0.05) is 18.1 Å². The van der Waals surface area contributed by atoms with Gasteiger partial charge in [-0.1, -0.05) is 23.2 Å². The number of anilines is 1. The van der Waals surface area contributed by atoms with Crippen molar-refractivity contribution < 1.29 is 9.53 Å². The van der Waals surface area contributed by atoms with Crippen LogP contribution in [0.3, 0.4) is 0 Å². The molecular weight excluding hydrogens is 299 g/mol. The molecule has 1 aliphatic heterocycles. The van der Waals surface area contributed by atoms with Gasteiger partial charge in [-0.05, 0) is 32.0 Å². The van der Waals surface area contributed by atoms with Gasteiger partial charge >= 0.3 is 0 Å². The molecule has 2 atom stereocenters. The Bertz CT molecular complexity index is 486. The minimum absolute atomic E-state index is 0.0875. The topological polar surface area (TPSA) is 41.6 Å². The van der Waals surface area contributed by atoms with E-state index in [9.17, 15) is 4.79 Å². The van der Waals surface area contributed by atoms with Gasteiger partial charge < -0.3 is 10.1 Å². The highest BCUT2D eigenvalue weighted by molar-refractivity contribution is 6.36. The highest BCUT2D eigenvalue weighted by atomic mass is 35.5. The molecule has 1 aromatic rings. The maximum Gasteiger partial charge on any atom is 0.238 e. The average molecular weight is 317 g/mol. The maximum atomic E-state index is 12.0. The zero-order valence-electron chi connectivity index (χ0n) is 11.5. The molecule has 0 aromatic heterocycles. The summed E-state index contributed by atoms with van der Waals surface area (Å²) in [5.41, 5.74) is 0.579. The smallest absolute Gasteiger partial charge is 0.238 e. The van der Waals surface area contributed by atoms with Crippen molar-refractivity contribution in [3.63, 3.8) is 0 Å². The number of hydrogen-bond acceptors (Lipinski definition) is 3. The van der Waals surface area contributed by atoms with Crippen LogP contribution >= 0.6 is 23.2 Å². The third-order valence-electron chi connectivity index (χ3n) is 3.07. The number of ether oxygens (including phenoxy) is 1. The number of carbonyl (C=O) groups excluding carboxylic acids is 1. The van der Waals surface area contributed by atoms with Gasteiger partial charge in [-0.15, -0.1) is 0 Å². The van der Waals surface area contributed by atoms with E-state index in [-0.39, 0.29) is 18.1 Å². The molecule has 20 heavy (non-hydrogen) atoms. The number of benzene rings is 1. The van der Waals surface area contributed by atoms with Crippen LogP contribution in [0.2, 0.25) is 10.0 Å². The normalized spacial score (nSPS) is 23.6. The van der Waals surface area contributed by atoms with Crippen molar-refractivity contribution in [1.82, 2.24) is 4.90 Å². The highest BCUT2D eigenvalue weighted by Gasteiger charge is 2.23. The summed E-state index contributed by atoms with van der Waals surface area (Å²) in [6, 6.07) is 5.01. The molecule has 1 amide bonds. The summed E-state index contributed by atoms with van der Waals surface area (Å²) in [5, 5.41) is 3.79. The molecule has 2 rings (SSSR count). The van der Waals surface area contributed by atoms with Crippen LogP contribution in [0.5, 0.6) is 0 Å². The van der Waals surface area contributed by atoms with Crippen LogP contribution < -0.4 is 5.32 Å². The van der Waals surface area contributed by atoms with E-state index in [0.29, 0.717) is 22.3 Å². The molecule has 1 fully saturated rings. The lowest BCUT2D eigenvalue weighted by molar-refractivity contribution is -0.121. The Labute approximate surface area is 129 Å². The van der Waals surface area contributed by atoms with E-state index in [1.165, 1.54) is 0 Å². The standard InChI is InChI=1S/C14H18Cl2N2O2/c1-9-6-18(7-10(2)20-9)8-14(19)17-13-4-3-11(15)5-12(13)16/h3-5,9-10H,6-8H2,1-2H3,(H,17,19)/t9-,10-/m1/s1. The molecule has 1 N–H and O–H groups in total. The van der Waals surface area contributed by atoms with E-state index >= 15 is 0 Å². The zero-order valence-corrected chi connectivity index (χ0v) is 13.0. The number of halogens is 2. The SMILES string of the molecule is C[C@@H]1CN(CC(=O)Nc2ccc(Cl)cc2Cl)C[C@@H](C)O1. The first-order chi connectivity index (χ1) is 9.44. The van der Waals surface area contributed by atoms with E-state index < -0.39 is 0 Å². The average Bonchev–Trinajstić information content (AvgIpc) is 2.31. The molecule has 0 saturated carbocycles. The minimum Gasteiger partial charge on any atom is -0.373 e. The van der Waals surface area contributed by atoms with Gasteiger partial charge in [0.25, 0.3) is 0 Å². The predicted octanol–water partition coefficient (Wildman–Crippen LogP) is 3.04. The number of nitrogens with one attached hydrogen (secondary N) is 1. The van der Waals surface area contributed by atoms with Crippen LogP contribution in [0.25, 0.3) is 0 Å². The summed E-state index contributed by atoms with van der Waals surface area (Å²) in [6.45, 7) is 5.86. The molecule has 110 valence electrons. The summed E-state index contributed by atoms with van der Waals surface area (Å²) in [4.78, 5) is 14.1. The quantitative estimate of drug-likeness (QED) is 0.932. The van der Waals surface area contributed by atoms with Crippen LogP contribution in [-0.2, 0) is 9.53 Å². The van der Waals surface area contributed by atoms with E-state index in [0.717, 1.165) is 13.1 Å². The van der Waals surface area contributed by atoms with Crippen molar-refractivity contribution >= 4 is 34.8 Å². The van der Waals surface area contributed by atoms with Crippen molar-refractivity contribution in [2.75, 3.05) is 25.0 Å². The molecule has 0 radical (unpaired) electrons. The van der Waals surface area contributed by atoms with Crippen LogP contribution in [0.4, 0.5) is 5.69 Å². The third kappa shape index (κ3) is 4.35. The third-order valence-corrected chi connectivity index (χ3v) is 3.62. The number of carbonyl (C=O) groups is 1. The van der Waals surface area contributed by atoms with E-state index in [1.807, 2.05) is 13.8 Å². The fourth-order valence-electron chi connectivity index (χ4n) is 2.40. The van der Waals surface area contributed by atoms with Gasteiger partial charge in [0.1, 0.15) is 0 Å². The number of hydrogen-bond donors (Lipinski definition) is 1. The molecule has 6 heteroatoms. The Hall–Kier alpha value is -0.810. The van der Waals surface area contributed by atoms with Gasteiger partial charge in [-0.2, -0.15) is 0 Å². The predicted molar refractivity (Wildman–Crippen MR) is 81.5 cm³/mol. The van der Waals surface area contributed by atoms with E-state index in [4.69, 9.17) is 27.9 Å². The molecular formula is C14H18Cl2N2O2. The number of amides is 1. The first kappa shape index (κ1) is 15.6. The second-order valence-electron chi connectivity index (χ2n) is 5.12. The number of morpholine rings is 1. The van der Waals surface area contributed by atoms with Gasteiger partial charge in [0.2, 0.25) is 5.91 Å². The lowest BCUT2D eigenvalue weighted by Crippen LogP contribution is -2.48. The Kier molecular flexibility index (Phi) is 5.27. The van der Waals surface area contributed by atoms with Gasteiger partial charge in [-0.3, -0.25) is 9.69 Å². The number of rotatable bonds is 3. The Morgan fingerprint density at radius 1 is 1.35 bits per heavy atom. The lowest BCUT2D eigenvalue weighted by Gasteiger charge is -2.34. The minimum atomic E-state index is -0.0875. The second kappa shape index (κ2) is 6.76. The fraction of sp³-hybridized carbons (Fsp3) is 0.500. The van der Waals surface area contributed by atoms with Crippen LogP contribution in [0.15, 0.2) is 18.2 Å². The molecule has 4 nitrogen and oxygen atoms in total. The van der Waals surface area contributed by atoms with Crippen LogP contribution in [0.1, 0.15) is 13.8 Å². The molecule has 1 heterocycles. The molecule has 1 aliphatic rings. The molecule has 1 aromatic carbocycles. The van der Waals surface area contributed by atoms with Crippen molar-refractivity contribution in [2.45, 2.75) is 26.1 Å². The van der Waals surface area contributed by atoms with Crippen molar-refractivity contribution in [3.8, 4) is 0 Å². The largest absolute Gasteiger partial charge is 0.373 e. The summed E-state index contributed by atoms with van der Waals surface area (Å²) in [6.07, 6.45) is 0.288. The van der Waals surface area contributed by atoms with Crippen LogP contribution in [-0.4, -0.2) is 42.6 Å². The molecule has 0 bridgehead atoms. The van der Waals surface area contributed by atoms with Gasteiger partial charge in [0.05, 0.1) is 29.5 Å². The first-order valence-corrected chi connectivity index (χ1v) is 7.32. The molecule has 1 saturated heterocycles. The maximum absolute atomic E-state index is 12.0. The Morgan fingerprint density at radius 2 is 2.00 bits per heavy atom. The summed E-state index contributed by atoms with van der Waals surface area (Å²) in [5.74, 6) is -0.0875. The van der Waals surface area contributed by atoms with Gasteiger partial charge in [0.15, 0.2) is 0 Å². The van der Waals surface area contributed by atoms with E-state index in [2.05, 4.69) is 10.2 Å². The molecule has 0 spiro atoms. The Morgan fingerprint density at radius 3 is 2.60 bits per heavy atom. The van der Waals surface area contributed by atoms with Crippen LogP contribution in [0, 0.1) is 0 Å². The highest BCUT2D eigenvalue weighted by Crippen LogP contribution is 2.25. The Balaban J connectivity index is 1.92. The first-order valence-electron chi connectivity index (χ1n) is 6.56. The zero-order chi connectivity index (χ0) is 14.7. The second-order valence-corrected chi connectivity index (χ2v) is 5.97. The summed E-state index contributed by atoms with van der Waals surface area (Å²) < 4.78 is 5.64. The van der Waals surface area contributed by atoms with Gasteiger partial charge in [-0.25, -0.2) is 0 Å². The molecule has 0 aliphatic carbocycles. The van der Waals surface area contributed by atoms with Crippen molar-refractivity contribution in [2.24, 2.45) is 0 Å². The number of nitrogens with zero attached hydrogens (tertiary/aromatic N) is 1. The van der Waals surface area contributed by atoms with Crippen molar-refractivity contribution in [3.05, 3.63) is 28.2 Å². The fourth-order valence-corrected chi connectivity index (χ4v) is 2.85. The monoisotopic (exact) mass is 316 g/mol. The van der Waals surface area contributed by atoms with E-state index in [1.54, 1.807) is 18.2 Å².